The highest BCUT2D eigenvalue weighted by Crippen LogP contribution is 2.23. The Bertz CT molecular complexity index is 1200. The molecule has 2 amide bonds. The number of hydrogen-bond acceptors (Lipinski definition) is 5. The van der Waals surface area contributed by atoms with Crippen molar-refractivity contribution in [2.24, 2.45) is 0 Å². The van der Waals surface area contributed by atoms with Crippen molar-refractivity contribution in [2.75, 3.05) is 24.2 Å². The molecule has 10 heteroatoms. The Balaban J connectivity index is 1.76. The molecule has 3 rings (SSSR count). The summed E-state index contributed by atoms with van der Waals surface area (Å²) >= 11 is 5.97. The van der Waals surface area contributed by atoms with Gasteiger partial charge < -0.3 is 15.0 Å². The van der Waals surface area contributed by atoms with Gasteiger partial charge in [-0.05, 0) is 67.6 Å². The lowest BCUT2D eigenvalue weighted by molar-refractivity contribution is -0.141. The second kappa shape index (κ2) is 14.6. The predicted molar refractivity (Wildman–Crippen MR) is 156 cm³/mol. The lowest BCUT2D eigenvalue weighted by Gasteiger charge is -2.33. The van der Waals surface area contributed by atoms with Crippen LogP contribution in [0, 0.1) is 0 Å². The van der Waals surface area contributed by atoms with E-state index in [2.05, 4.69) is 5.32 Å². The van der Waals surface area contributed by atoms with E-state index < -0.39 is 16.1 Å². The molecule has 1 fully saturated rings. The molecule has 1 N–H and O–H groups in total. The average molecular weight is 578 g/mol. The van der Waals surface area contributed by atoms with Crippen molar-refractivity contribution in [3.63, 3.8) is 0 Å². The van der Waals surface area contributed by atoms with Gasteiger partial charge in [0.05, 0.1) is 19.1 Å². The largest absolute Gasteiger partial charge is 0.497 e. The summed E-state index contributed by atoms with van der Waals surface area (Å²) in [4.78, 5) is 28.7. The van der Waals surface area contributed by atoms with Crippen molar-refractivity contribution in [2.45, 2.75) is 76.9 Å². The topological polar surface area (TPSA) is 96.0 Å². The average Bonchev–Trinajstić information content (AvgIpc) is 2.91. The molecule has 1 aliphatic carbocycles. The second-order valence-corrected chi connectivity index (χ2v) is 12.4. The number of hydrogen-bond donors (Lipinski definition) is 1. The third-order valence-electron chi connectivity index (χ3n) is 7.09. The molecule has 0 aromatic heterocycles. The summed E-state index contributed by atoms with van der Waals surface area (Å²) in [5.74, 6) is 0.332. The summed E-state index contributed by atoms with van der Waals surface area (Å²) in [6, 6.07) is 13.5. The van der Waals surface area contributed by atoms with Crippen LogP contribution in [0.3, 0.4) is 0 Å². The van der Waals surface area contributed by atoms with Gasteiger partial charge in [0.2, 0.25) is 21.8 Å². The minimum atomic E-state index is -3.57. The summed E-state index contributed by atoms with van der Waals surface area (Å²) in [5.41, 5.74) is 1.34. The summed E-state index contributed by atoms with van der Waals surface area (Å²) in [7, 11) is -1.98. The Labute approximate surface area is 237 Å². The minimum absolute atomic E-state index is 0.0940. The Morgan fingerprint density at radius 2 is 1.79 bits per heavy atom. The standard InChI is InChI=1S/C29H40ClN3O5S/c1-4-27(29(35)31-24-11-6-5-7-12-24)32(21-22-10-8-13-26(20-22)38-2)28(34)14-9-19-33(39(3,36)37)25-17-15-23(30)16-18-25/h8,10,13,15-18,20,24,27H,4-7,9,11-12,14,19,21H2,1-3H3,(H,31,35)/t27-/m1/s1. The van der Waals surface area contributed by atoms with Crippen LogP contribution >= 0.6 is 11.6 Å². The molecule has 2 aromatic rings. The monoisotopic (exact) mass is 577 g/mol. The van der Waals surface area contributed by atoms with E-state index in [9.17, 15) is 18.0 Å². The van der Waals surface area contributed by atoms with Gasteiger partial charge in [-0.1, -0.05) is 49.9 Å². The number of carbonyl (C=O) groups excluding carboxylic acids is 2. The van der Waals surface area contributed by atoms with Crippen molar-refractivity contribution < 1.29 is 22.7 Å². The molecule has 214 valence electrons. The summed E-state index contributed by atoms with van der Waals surface area (Å²) < 4.78 is 31.6. The van der Waals surface area contributed by atoms with E-state index in [1.165, 1.54) is 10.7 Å². The van der Waals surface area contributed by atoms with Gasteiger partial charge in [-0.3, -0.25) is 13.9 Å². The van der Waals surface area contributed by atoms with Gasteiger partial charge in [-0.15, -0.1) is 0 Å². The molecule has 8 nitrogen and oxygen atoms in total. The van der Waals surface area contributed by atoms with Crippen LogP contribution in [-0.2, 0) is 26.2 Å². The first-order valence-electron chi connectivity index (χ1n) is 13.6. The van der Waals surface area contributed by atoms with Crippen LogP contribution in [0.5, 0.6) is 5.75 Å². The number of carbonyl (C=O) groups is 2. The van der Waals surface area contributed by atoms with Gasteiger partial charge in [-0.2, -0.15) is 0 Å². The van der Waals surface area contributed by atoms with Gasteiger partial charge >= 0.3 is 0 Å². The zero-order chi connectivity index (χ0) is 28.4. The maximum atomic E-state index is 13.6. The Kier molecular flexibility index (Phi) is 11.5. The molecule has 0 bridgehead atoms. The summed E-state index contributed by atoms with van der Waals surface area (Å²) in [5, 5.41) is 3.69. The zero-order valence-corrected chi connectivity index (χ0v) is 24.6. The van der Waals surface area contributed by atoms with Crippen LogP contribution in [0.1, 0.15) is 63.9 Å². The van der Waals surface area contributed by atoms with Crippen molar-refractivity contribution in [3.05, 3.63) is 59.1 Å². The van der Waals surface area contributed by atoms with Crippen LogP contribution in [0.15, 0.2) is 48.5 Å². The number of nitrogens with zero attached hydrogens (tertiary/aromatic N) is 2. The SMILES string of the molecule is CC[C@H](C(=O)NC1CCCCC1)N(Cc1cccc(OC)c1)C(=O)CCCN(c1ccc(Cl)cc1)S(C)(=O)=O. The molecule has 0 unspecified atom stereocenters. The lowest BCUT2D eigenvalue weighted by atomic mass is 9.95. The molecule has 39 heavy (non-hydrogen) atoms. The van der Waals surface area contributed by atoms with Crippen molar-refractivity contribution >= 4 is 39.1 Å². The summed E-state index contributed by atoms with van der Waals surface area (Å²) in [6.45, 7) is 2.28. The van der Waals surface area contributed by atoms with Crippen molar-refractivity contribution in [1.29, 1.82) is 0 Å². The Morgan fingerprint density at radius 3 is 2.41 bits per heavy atom. The minimum Gasteiger partial charge on any atom is -0.497 e. The molecule has 1 saturated carbocycles. The smallest absolute Gasteiger partial charge is 0.243 e. The number of halogens is 1. The molecule has 0 spiro atoms. The number of methoxy groups -OCH3 is 1. The van der Waals surface area contributed by atoms with E-state index in [-0.39, 0.29) is 37.4 Å². The zero-order valence-electron chi connectivity index (χ0n) is 23.1. The number of sulfonamides is 1. The van der Waals surface area contributed by atoms with Crippen LogP contribution in [0.25, 0.3) is 0 Å². The molecule has 0 heterocycles. The summed E-state index contributed by atoms with van der Waals surface area (Å²) in [6.07, 6.45) is 7.29. The third kappa shape index (κ3) is 9.14. The maximum Gasteiger partial charge on any atom is 0.243 e. The van der Waals surface area contributed by atoms with E-state index in [0.717, 1.165) is 37.5 Å². The van der Waals surface area contributed by atoms with Crippen molar-refractivity contribution in [1.82, 2.24) is 10.2 Å². The highest BCUT2D eigenvalue weighted by Gasteiger charge is 2.30. The van der Waals surface area contributed by atoms with Gasteiger partial charge in [0, 0.05) is 30.6 Å². The highest BCUT2D eigenvalue weighted by atomic mass is 35.5. The molecule has 0 saturated heterocycles. The van der Waals surface area contributed by atoms with Crippen LogP contribution in [-0.4, -0.2) is 57.1 Å². The van der Waals surface area contributed by atoms with E-state index in [0.29, 0.717) is 29.3 Å². The first kappa shape index (κ1) is 30.8. The molecule has 0 radical (unpaired) electrons. The van der Waals surface area contributed by atoms with E-state index in [1.807, 2.05) is 31.2 Å². The first-order valence-corrected chi connectivity index (χ1v) is 15.8. The molecular weight excluding hydrogens is 538 g/mol. The van der Waals surface area contributed by atoms with Crippen LogP contribution in [0.2, 0.25) is 5.02 Å². The van der Waals surface area contributed by atoms with E-state index in [1.54, 1.807) is 36.3 Å². The molecule has 1 aliphatic rings. The number of rotatable bonds is 13. The maximum absolute atomic E-state index is 13.6. The van der Waals surface area contributed by atoms with Crippen LogP contribution in [0.4, 0.5) is 5.69 Å². The predicted octanol–water partition coefficient (Wildman–Crippen LogP) is 5.15. The quantitative estimate of drug-likeness (QED) is 0.355. The van der Waals surface area contributed by atoms with Gasteiger partial charge in [-0.25, -0.2) is 8.42 Å². The molecule has 2 aromatic carbocycles. The molecule has 1 atom stereocenters. The van der Waals surface area contributed by atoms with Gasteiger partial charge in [0.1, 0.15) is 11.8 Å². The fraction of sp³-hybridized carbons (Fsp3) is 0.517. The van der Waals surface area contributed by atoms with E-state index >= 15 is 0 Å². The van der Waals surface area contributed by atoms with Gasteiger partial charge in [0.15, 0.2) is 0 Å². The number of amides is 2. The fourth-order valence-electron chi connectivity index (χ4n) is 5.04. The number of benzene rings is 2. The number of anilines is 1. The van der Waals surface area contributed by atoms with Crippen molar-refractivity contribution in [3.8, 4) is 5.75 Å². The lowest BCUT2D eigenvalue weighted by Crippen LogP contribution is -2.51. The normalized spacial score (nSPS) is 14.9. The Hall–Kier alpha value is -2.78. The fourth-order valence-corrected chi connectivity index (χ4v) is 6.13. The number of nitrogens with one attached hydrogen (secondary N) is 1. The Morgan fingerprint density at radius 1 is 1.10 bits per heavy atom. The van der Waals surface area contributed by atoms with Crippen LogP contribution < -0.4 is 14.4 Å². The second-order valence-electron chi connectivity index (χ2n) is 10.1. The van der Waals surface area contributed by atoms with E-state index in [4.69, 9.17) is 16.3 Å². The first-order chi connectivity index (χ1) is 18.6. The molecule has 0 aliphatic heterocycles. The third-order valence-corrected chi connectivity index (χ3v) is 8.54. The number of ether oxygens (including phenoxy) is 1. The van der Waals surface area contributed by atoms with Gasteiger partial charge in [0.25, 0.3) is 0 Å². The highest BCUT2D eigenvalue weighted by molar-refractivity contribution is 7.92. The molecular formula is C29H40ClN3O5S.